The summed E-state index contributed by atoms with van der Waals surface area (Å²) in [7, 11) is 0. The second kappa shape index (κ2) is 31.2. The van der Waals surface area contributed by atoms with Crippen molar-refractivity contribution in [2.75, 3.05) is 65.9 Å². The van der Waals surface area contributed by atoms with Crippen LogP contribution in [-0.2, 0) is 62.1 Å². The molecule has 1 rings (SSSR count). The molecule has 1 saturated heterocycles. The van der Waals surface area contributed by atoms with Gasteiger partial charge < -0.3 is 49.9 Å². The van der Waals surface area contributed by atoms with Crippen molar-refractivity contribution in [3.8, 4) is 0 Å². The van der Waals surface area contributed by atoms with E-state index in [0.717, 1.165) is 57.8 Å². The van der Waals surface area contributed by atoms with Gasteiger partial charge in [0.2, 0.25) is 17.7 Å². The van der Waals surface area contributed by atoms with Gasteiger partial charge in [-0.05, 0) is 19.3 Å². The number of rotatable bonds is 35. The van der Waals surface area contributed by atoms with E-state index in [2.05, 4.69) is 20.8 Å². The monoisotopic (exact) mass is 774 g/mol. The molecule has 5 amide bonds. The molecule has 1 fully saturated rings. The van der Waals surface area contributed by atoms with Crippen LogP contribution in [0.5, 0.6) is 0 Å². The summed E-state index contributed by atoms with van der Waals surface area (Å²) in [6, 6.07) is -1.16. The van der Waals surface area contributed by atoms with Gasteiger partial charge in [-0.25, -0.2) is 9.59 Å². The Hall–Kier alpha value is -4.20. The number of hydrogen-bond donors (Lipinski definition) is 5. The lowest BCUT2D eigenvalue weighted by atomic mass is 10.0. The van der Waals surface area contributed by atoms with E-state index in [1.807, 2.05) is 0 Å². The molecule has 1 heterocycles. The maximum atomic E-state index is 12.2. The zero-order valence-corrected chi connectivity index (χ0v) is 31.1. The Morgan fingerprint density at radius 1 is 0.574 bits per heavy atom. The Kier molecular flexibility index (Phi) is 27.6. The number of carboxylic acid groups (broad SMARTS) is 2. The van der Waals surface area contributed by atoms with Crippen LogP contribution in [0.25, 0.3) is 0 Å². The van der Waals surface area contributed by atoms with Crippen molar-refractivity contribution in [2.45, 2.75) is 109 Å². The molecule has 5 N–H and O–H groups in total. The van der Waals surface area contributed by atoms with Gasteiger partial charge in [-0.15, -0.1) is 5.06 Å². The molecular formula is C35H58N4O15. The molecule has 0 aromatic heterocycles. The summed E-state index contributed by atoms with van der Waals surface area (Å²) in [5, 5.41) is 26.2. The minimum atomic E-state index is -1.21. The molecule has 308 valence electrons. The molecule has 1 aliphatic heterocycles. The van der Waals surface area contributed by atoms with Crippen molar-refractivity contribution >= 4 is 47.4 Å². The SMILES string of the molecule is O=C(O)CCCCCCCCCCCCC(=O)N[C@@H](CCC(=O)NCCOCCOCC(=O)NCCOCCOCC(=O)ON1C(=O)CCC1=O)C(=O)O. The van der Waals surface area contributed by atoms with Crippen molar-refractivity contribution in [3.63, 3.8) is 0 Å². The van der Waals surface area contributed by atoms with Crippen LogP contribution in [0.4, 0.5) is 0 Å². The molecule has 19 nitrogen and oxygen atoms in total. The van der Waals surface area contributed by atoms with E-state index in [4.69, 9.17) is 24.1 Å². The number of hydroxylamine groups is 2. The topological polar surface area (TPSA) is 262 Å². The summed E-state index contributed by atoms with van der Waals surface area (Å²) >= 11 is 0. The summed E-state index contributed by atoms with van der Waals surface area (Å²) in [4.78, 5) is 97.3. The van der Waals surface area contributed by atoms with Gasteiger partial charge in [-0.2, -0.15) is 0 Å². The third-order valence-corrected chi connectivity index (χ3v) is 7.87. The van der Waals surface area contributed by atoms with Crippen LogP contribution in [0.3, 0.4) is 0 Å². The molecular weight excluding hydrogens is 716 g/mol. The molecule has 54 heavy (non-hydrogen) atoms. The quantitative estimate of drug-likeness (QED) is 0.0445. The molecule has 0 bridgehead atoms. The Morgan fingerprint density at radius 3 is 1.59 bits per heavy atom. The first-order valence-corrected chi connectivity index (χ1v) is 18.6. The van der Waals surface area contributed by atoms with Gasteiger partial charge in [0, 0.05) is 45.2 Å². The second-order valence-corrected chi connectivity index (χ2v) is 12.5. The van der Waals surface area contributed by atoms with E-state index in [9.17, 15) is 43.5 Å². The predicted molar refractivity (Wildman–Crippen MR) is 188 cm³/mol. The molecule has 0 aromatic rings. The lowest BCUT2D eigenvalue weighted by Gasteiger charge is -2.14. The number of carbonyl (C=O) groups excluding carboxylic acids is 6. The molecule has 1 aliphatic rings. The van der Waals surface area contributed by atoms with Crippen LogP contribution < -0.4 is 16.0 Å². The standard InChI is InChI=1S/C35H58N4O15/c40-28(14-13-27(35(48)49)38-29(41)11-9-7-5-3-1-2-4-6-8-10-12-33(45)46)36-17-19-50-21-23-52-25-30(42)37-18-20-51-22-24-53-26-34(47)54-39-31(43)15-16-32(39)44/h27H,1-26H2,(H,36,40)(H,37,42)(H,38,41)(H,45,46)(H,48,49)/t27-/m0/s1. The number of unbranched alkanes of at least 4 members (excludes halogenated alkanes) is 9. The van der Waals surface area contributed by atoms with E-state index in [1.165, 1.54) is 0 Å². The Morgan fingerprint density at radius 2 is 1.06 bits per heavy atom. The minimum absolute atomic E-state index is 0.00101. The Labute approximate surface area is 315 Å². The lowest BCUT2D eigenvalue weighted by Crippen LogP contribution is -2.41. The molecule has 0 radical (unpaired) electrons. The zero-order chi connectivity index (χ0) is 39.8. The Balaban J connectivity index is 1.93. The van der Waals surface area contributed by atoms with E-state index in [0.29, 0.717) is 11.5 Å². The minimum Gasteiger partial charge on any atom is -0.481 e. The summed E-state index contributed by atoms with van der Waals surface area (Å²) in [5.41, 5.74) is 0. The van der Waals surface area contributed by atoms with E-state index >= 15 is 0 Å². The maximum Gasteiger partial charge on any atom is 0.358 e. The first-order valence-electron chi connectivity index (χ1n) is 18.6. The number of hydrogen-bond acceptors (Lipinski definition) is 13. The van der Waals surface area contributed by atoms with Crippen LogP contribution >= 0.6 is 0 Å². The fourth-order valence-electron chi connectivity index (χ4n) is 4.99. The third-order valence-electron chi connectivity index (χ3n) is 7.87. The first kappa shape index (κ1) is 47.8. The van der Waals surface area contributed by atoms with E-state index in [1.54, 1.807) is 0 Å². The summed E-state index contributed by atoms with van der Waals surface area (Å²) in [5.74, 6) is -5.09. The van der Waals surface area contributed by atoms with Gasteiger partial charge in [0.15, 0.2) is 0 Å². The van der Waals surface area contributed by atoms with Gasteiger partial charge in [-0.1, -0.05) is 51.4 Å². The number of nitrogens with zero attached hydrogens (tertiary/aromatic N) is 1. The summed E-state index contributed by atoms with van der Waals surface area (Å²) in [6.07, 6.45) is 9.89. The molecule has 0 saturated carbocycles. The third kappa shape index (κ3) is 26.5. The molecule has 0 spiro atoms. The molecule has 0 unspecified atom stereocenters. The molecule has 19 heteroatoms. The van der Waals surface area contributed by atoms with Crippen molar-refractivity contribution in [2.24, 2.45) is 0 Å². The summed E-state index contributed by atoms with van der Waals surface area (Å²) in [6.45, 7) is 0.584. The number of imide groups is 1. The first-order chi connectivity index (χ1) is 26.0. The number of carbonyl (C=O) groups is 8. The average Bonchev–Trinajstić information content (AvgIpc) is 3.44. The van der Waals surface area contributed by atoms with Crippen LogP contribution in [0, 0.1) is 0 Å². The predicted octanol–water partition coefficient (Wildman–Crippen LogP) is 1.01. The second-order valence-electron chi connectivity index (χ2n) is 12.5. The van der Waals surface area contributed by atoms with Crippen molar-refractivity contribution in [1.82, 2.24) is 21.0 Å². The van der Waals surface area contributed by atoms with Crippen molar-refractivity contribution in [3.05, 3.63) is 0 Å². The highest BCUT2D eigenvalue weighted by Gasteiger charge is 2.32. The number of ether oxygens (including phenoxy) is 4. The smallest absolute Gasteiger partial charge is 0.358 e. The summed E-state index contributed by atoms with van der Waals surface area (Å²) < 4.78 is 20.9. The fourth-order valence-corrected chi connectivity index (χ4v) is 4.99. The van der Waals surface area contributed by atoms with E-state index in [-0.39, 0.29) is 116 Å². The van der Waals surface area contributed by atoms with Gasteiger partial charge in [-0.3, -0.25) is 28.8 Å². The zero-order valence-electron chi connectivity index (χ0n) is 31.1. The highest BCUT2D eigenvalue weighted by Crippen LogP contribution is 2.13. The highest BCUT2D eigenvalue weighted by atomic mass is 16.7. The van der Waals surface area contributed by atoms with Crippen molar-refractivity contribution in [1.29, 1.82) is 0 Å². The van der Waals surface area contributed by atoms with Crippen LogP contribution in [-0.4, -0.2) is 135 Å². The van der Waals surface area contributed by atoms with Crippen LogP contribution in [0.2, 0.25) is 0 Å². The fraction of sp³-hybridized carbons (Fsp3) is 0.771. The van der Waals surface area contributed by atoms with Crippen LogP contribution in [0.15, 0.2) is 0 Å². The Bertz CT molecular complexity index is 1150. The van der Waals surface area contributed by atoms with Crippen molar-refractivity contribution < 1.29 is 72.4 Å². The highest BCUT2D eigenvalue weighted by molar-refractivity contribution is 6.01. The molecule has 0 aliphatic carbocycles. The maximum absolute atomic E-state index is 12.2. The number of nitrogens with one attached hydrogen (secondary N) is 3. The largest absolute Gasteiger partial charge is 0.481 e. The van der Waals surface area contributed by atoms with E-state index < -0.39 is 42.4 Å². The lowest BCUT2D eigenvalue weighted by molar-refractivity contribution is -0.200. The normalized spacial score (nSPS) is 13.1. The molecule has 0 aromatic carbocycles. The molecule has 1 atom stereocenters. The van der Waals surface area contributed by atoms with Crippen LogP contribution in [0.1, 0.15) is 103 Å². The average molecular weight is 775 g/mol. The number of amides is 5. The van der Waals surface area contributed by atoms with Gasteiger partial charge in [0.05, 0.1) is 39.6 Å². The van der Waals surface area contributed by atoms with Gasteiger partial charge in [0.25, 0.3) is 11.8 Å². The number of carboxylic acids is 2. The van der Waals surface area contributed by atoms with Gasteiger partial charge >= 0.3 is 17.9 Å². The number of aliphatic carboxylic acids is 2. The van der Waals surface area contributed by atoms with Gasteiger partial charge in [0.1, 0.15) is 19.3 Å².